The number of unbranched alkanes of at least 4 members (excludes halogenated alkanes) is 43. The number of carbonyl (C=O) groups excluding carboxylic acids is 2. The number of esters is 1. The molecule has 0 saturated carbocycles. The Morgan fingerprint density at radius 2 is 0.714 bits per heavy atom. The summed E-state index contributed by atoms with van der Waals surface area (Å²) >= 11 is 0. The number of carbonyl (C=O) groups is 2. The summed E-state index contributed by atoms with van der Waals surface area (Å²) in [6, 6.07) is -0.632. The van der Waals surface area contributed by atoms with Gasteiger partial charge in [-0.1, -0.05) is 307 Å². The Labute approximate surface area is 436 Å². The smallest absolute Gasteiger partial charge is 0.305 e. The number of aliphatic hydroxyl groups excluding tert-OH is 2. The van der Waals surface area contributed by atoms with E-state index in [1.165, 1.54) is 257 Å². The van der Waals surface area contributed by atoms with Crippen molar-refractivity contribution in [2.45, 2.75) is 347 Å². The zero-order valence-electron chi connectivity index (χ0n) is 47.0. The van der Waals surface area contributed by atoms with E-state index in [2.05, 4.69) is 43.5 Å². The molecule has 1 amide bonds. The van der Waals surface area contributed by atoms with Crippen molar-refractivity contribution >= 4 is 11.9 Å². The molecule has 0 fully saturated rings. The van der Waals surface area contributed by atoms with Gasteiger partial charge in [-0.15, -0.1) is 0 Å². The Balaban J connectivity index is 3.48. The van der Waals surface area contributed by atoms with Gasteiger partial charge in [0.15, 0.2) is 0 Å². The van der Waals surface area contributed by atoms with E-state index in [0.717, 1.165) is 51.4 Å². The van der Waals surface area contributed by atoms with E-state index in [-0.39, 0.29) is 18.5 Å². The van der Waals surface area contributed by atoms with E-state index in [9.17, 15) is 19.8 Å². The Bertz CT molecular complexity index is 1130. The van der Waals surface area contributed by atoms with E-state index in [4.69, 9.17) is 4.74 Å². The molecule has 6 nitrogen and oxygen atoms in total. The van der Waals surface area contributed by atoms with Crippen LogP contribution in [0.1, 0.15) is 335 Å². The van der Waals surface area contributed by atoms with Crippen LogP contribution >= 0.6 is 0 Å². The maximum absolute atomic E-state index is 12.5. The van der Waals surface area contributed by atoms with Gasteiger partial charge in [0.1, 0.15) is 0 Å². The fourth-order valence-corrected chi connectivity index (χ4v) is 9.65. The van der Waals surface area contributed by atoms with Gasteiger partial charge < -0.3 is 20.3 Å². The Kier molecular flexibility index (Phi) is 58.0. The second-order valence-corrected chi connectivity index (χ2v) is 21.4. The van der Waals surface area contributed by atoms with Crippen LogP contribution in [0.15, 0.2) is 36.5 Å². The number of aliphatic hydroxyl groups is 2. The number of allylic oxidation sites excluding steroid dienone is 4. The lowest BCUT2D eigenvalue weighted by Gasteiger charge is -2.20. The van der Waals surface area contributed by atoms with Crippen LogP contribution in [0.3, 0.4) is 0 Å². The fourth-order valence-electron chi connectivity index (χ4n) is 9.65. The molecule has 0 aromatic carbocycles. The van der Waals surface area contributed by atoms with Gasteiger partial charge in [0.25, 0.3) is 0 Å². The van der Waals surface area contributed by atoms with Gasteiger partial charge in [-0.3, -0.25) is 9.59 Å². The monoisotopic (exact) mass is 984 g/mol. The van der Waals surface area contributed by atoms with Gasteiger partial charge in [-0.05, 0) is 51.4 Å². The van der Waals surface area contributed by atoms with Crippen LogP contribution in [0, 0.1) is 0 Å². The van der Waals surface area contributed by atoms with Crippen LogP contribution in [-0.4, -0.2) is 47.4 Å². The zero-order chi connectivity index (χ0) is 50.7. The molecule has 3 N–H and O–H groups in total. The lowest BCUT2D eigenvalue weighted by Crippen LogP contribution is -2.45. The average Bonchev–Trinajstić information content (AvgIpc) is 3.36. The summed E-state index contributed by atoms with van der Waals surface area (Å²) < 4.78 is 5.41. The van der Waals surface area contributed by atoms with Gasteiger partial charge in [0, 0.05) is 12.8 Å². The van der Waals surface area contributed by atoms with Gasteiger partial charge in [0.05, 0.1) is 25.4 Å². The number of amides is 1. The molecule has 0 radical (unpaired) electrons. The molecule has 0 aromatic rings. The first-order valence-electron chi connectivity index (χ1n) is 31.3. The Morgan fingerprint density at radius 3 is 1.09 bits per heavy atom. The van der Waals surface area contributed by atoms with Crippen molar-refractivity contribution < 1.29 is 24.5 Å². The number of hydrogen-bond donors (Lipinski definition) is 3. The van der Waals surface area contributed by atoms with Crippen LogP contribution in [0.4, 0.5) is 0 Å². The maximum Gasteiger partial charge on any atom is 0.305 e. The summed E-state index contributed by atoms with van der Waals surface area (Å²) in [5.74, 6) is -0.105. The lowest BCUT2D eigenvalue weighted by molar-refractivity contribution is -0.143. The van der Waals surface area contributed by atoms with Crippen molar-refractivity contribution in [3.63, 3.8) is 0 Å². The second-order valence-electron chi connectivity index (χ2n) is 21.4. The Morgan fingerprint density at radius 1 is 0.400 bits per heavy atom. The molecular weight excluding hydrogens is 863 g/mol. The summed E-state index contributed by atoms with van der Waals surface area (Å²) in [6.45, 7) is 4.81. The molecule has 0 aliphatic carbocycles. The number of nitrogens with one attached hydrogen (secondary N) is 1. The van der Waals surface area contributed by atoms with E-state index in [0.29, 0.717) is 19.4 Å². The quantitative estimate of drug-likeness (QED) is 0.0321. The number of hydrogen-bond acceptors (Lipinski definition) is 5. The van der Waals surface area contributed by atoms with Gasteiger partial charge in [0.2, 0.25) is 5.91 Å². The predicted molar refractivity (Wildman–Crippen MR) is 306 cm³/mol. The SMILES string of the molecule is CCCCCCCCCCCCCCCCCCC/C=C/C(O)C(CO)NC(=O)CCCCCCCCCCCCCCCC/C=C\C/C=C\CCOC(=O)CCCCCCCCCCCCCCC. The van der Waals surface area contributed by atoms with E-state index < -0.39 is 12.1 Å². The molecule has 0 rings (SSSR count). The third kappa shape index (κ3) is 55.4. The first-order valence-corrected chi connectivity index (χ1v) is 31.3. The van der Waals surface area contributed by atoms with Crippen LogP contribution in [0.2, 0.25) is 0 Å². The molecule has 2 unspecified atom stereocenters. The van der Waals surface area contributed by atoms with E-state index >= 15 is 0 Å². The highest BCUT2D eigenvalue weighted by atomic mass is 16.5. The number of ether oxygens (including phenoxy) is 1. The topological polar surface area (TPSA) is 95.9 Å². The molecule has 0 bridgehead atoms. The summed E-state index contributed by atoms with van der Waals surface area (Å²) in [4.78, 5) is 24.5. The second kappa shape index (κ2) is 59.6. The standard InChI is InChI=1S/C64H121NO5/c1-3-5-7-9-11-13-15-17-18-19-23-26-29-33-36-40-44-48-52-56-62(67)61(60-66)65-63(68)57-53-49-45-41-37-34-30-27-24-21-20-22-25-28-31-35-39-43-47-51-55-59-70-64(69)58-54-50-46-42-38-32-16-14-12-10-8-6-4-2/h35,39,47,51-52,56,61-62,66-67H,3-34,36-38,40-46,48-50,53-55,57-60H2,1-2H3,(H,65,68)/b39-35-,51-47-,56-52+. The zero-order valence-corrected chi connectivity index (χ0v) is 47.0. The fraction of sp³-hybridized carbons (Fsp3) is 0.875. The molecule has 70 heavy (non-hydrogen) atoms. The summed E-state index contributed by atoms with van der Waals surface area (Å²) in [6.07, 6.45) is 74.8. The molecular formula is C64H121NO5. The van der Waals surface area contributed by atoms with Crippen molar-refractivity contribution in [3.8, 4) is 0 Å². The number of rotatable bonds is 58. The van der Waals surface area contributed by atoms with Crippen molar-refractivity contribution in [1.82, 2.24) is 5.32 Å². The molecule has 2 atom stereocenters. The van der Waals surface area contributed by atoms with Crippen LogP contribution in [0.25, 0.3) is 0 Å². The molecule has 0 aromatic heterocycles. The van der Waals surface area contributed by atoms with Gasteiger partial charge in [-0.25, -0.2) is 0 Å². The average molecular weight is 985 g/mol. The van der Waals surface area contributed by atoms with E-state index in [1.807, 2.05) is 6.08 Å². The molecule has 0 spiro atoms. The van der Waals surface area contributed by atoms with Crippen LogP contribution in [0.5, 0.6) is 0 Å². The highest BCUT2D eigenvalue weighted by Crippen LogP contribution is 2.17. The molecule has 0 aliphatic rings. The van der Waals surface area contributed by atoms with Gasteiger partial charge >= 0.3 is 5.97 Å². The Hall–Kier alpha value is -1.92. The normalized spacial score (nSPS) is 12.8. The molecule has 6 heteroatoms. The highest BCUT2D eigenvalue weighted by Gasteiger charge is 2.18. The molecule has 0 aliphatic heterocycles. The summed E-state index contributed by atoms with van der Waals surface area (Å²) in [7, 11) is 0. The molecule has 0 heterocycles. The predicted octanol–water partition coefficient (Wildman–Crippen LogP) is 19.6. The lowest BCUT2D eigenvalue weighted by atomic mass is 10.0. The van der Waals surface area contributed by atoms with Crippen LogP contribution in [-0.2, 0) is 14.3 Å². The minimum atomic E-state index is -0.849. The van der Waals surface area contributed by atoms with Crippen molar-refractivity contribution in [2.24, 2.45) is 0 Å². The van der Waals surface area contributed by atoms with Gasteiger partial charge in [-0.2, -0.15) is 0 Å². The highest BCUT2D eigenvalue weighted by molar-refractivity contribution is 5.76. The largest absolute Gasteiger partial charge is 0.465 e. The minimum Gasteiger partial charge on any atom is -0.465 e. The van der Waals surface area contributed by atoms with Crippen LogP contribution < -0.4 is 5.32 Å². The van der Waals surface area contributed by atoms with Crippen molar-refractivity contribution in [3.05, 3.63) is 36.5 Å². The van der Waals surface area contributed by atoms with Crippen molar-refractivity contribution in [1.29, 1.82) is 0 Å². The minimum absolute atomic E-state index is 0.0341. The maximum atomic E-state index is 12.5. The molecule has 412 valence electrons. The first kappa shape index (κ1) is 68.1. The third-order valence-electron chi connectivity index (χ3n) is 14.4. The van der Waals surface area contributed by atoms with Crippen molar-refractivity contribution in [2.75, 3.05) is 13.2 Å². The molecule has 0 saturated heterocycles. The summed E-state index contributed by atoms with van der Waals surface area (Å²) in [5, 5.41) is 23.2. The first-order chi connectivity index (χ1) is 34.5. The third-order valence-corrected chi connectivity index (χ3v) is 14.4. The summed E-state index contributed by atoms with van der Waals surface area (Å²) in [5.41, 5.74) is 0. The van der Waals surface area contributed by atoms with E-state index in [1.54, 1.807) is 6.08 Å².